The van der Waals surface area contributed by atoms with Crippen molar-refractivity contribution in [1.82, 2.24) is 0 Å². The Hall–Kier alpha value is -1.38. The summed E-state index contributed by atoms with van der Waals surface area (Å²) >= 11 is 11.8. The SMILES string of the molecule is Cc1cccc(NCc2cc(Cl)c(O)c(Cl)c2)c1C. The van der Waals surface area contributed by atoms with Gasteiger partial charge in [-0.1, -0.05) is 35.3 Å². The third kappa shape index (κ3) is 3.14. The summed E-state index contributed by atoms with van der Waals surface area (Å²) in [6.07, 6.45) is 0. The third-order valence-corrected chi connectivity index (χ3v) is 3.74. The molecule has 0 aliphatic heterocycles. The van der Waals surface area contributed by atoms with Gasteiger partial charge in [-0.2, -0.15) is 0 Å². The quantitative estimate of drug-likeness (QED) is 0.842. The molecule has 0 saturated carbocycles. The van der Waals surface area contributed by atoms with Crippen LogP contribution in [0.3, 0.4) is 0 Å². The van der Waals surface area contributed by atoms with E-state index in [4.69, 9.17) is 23.2 Å². The van der Waals surface area contributed by atoms with Crippen molar-refractivity contribution < 1.29 is 5.11 Å². The minimum Gasteiger partial charge on any atom is -0.505 e. The Morgan fingerprint density at radius 3 is 2.37 bits per heavy atom. The van der Waals surface area contributed by atoms with Crippen LogP contribution in [0.5, 0.6) is 5.75 Å². The van der Waals surface area contributed by atoms with E-state index in [0.717, 1.165) is 11.3 Å². The van der Waals surface area contributed by atoms with Crippen molar-refractivity contribution in [2.75, 3.05) is 5.32 Å². The number of nitrogens with one attached hydrogen (secondary N) is 1. The largest absolute Gasteiger partial charge is 0.505 e. The zero-order chi connectivity index (χ0) is 14.0. The molecule has 0 aromatic heterocycles. The molecule has 0 spiro atoms. The van der Waals surface area contributed by atoms with Crippen molar-refractivity contribution in [2.24, 2.45) is 0 Å². The summed E-state index contributed by atoms with van der Waals surface area (Å²) in [5.74, 6) is -0.0705. The van der Waals surface area contributed by atoms with Crippen LogP contribution in [0.2, 0.25) is 10.0 Å². The van der Waals surface area contributed by atoms with Crippen LogP contribution in [0.1, 0.15) is 16.7 Å². The molecule has 0 aliphatic rings. The first-order valence-electron chi connectivity index (χ1n) is 5.96. The number of rotatable bonds is 3. The molecule has 0 bridgehead atoms. The summed E-state index contributed by atoms with van der Waals surface area (Å²) in [7, 11) is 0. The normalized spacial score (nSPS) is 10.5. The minimum atomic E-state index is -0.0705. The van der Waals surface area contributed by atoms with Gasteiger partial charge < -0.3 is 10.4 Å². The van der Waals surface area contributed by atoms with E-state index >= 15 is 0 Å². The average molecular weight is 296 g/mol. The Bertz CT molecular complexity index is 588. The lowest BCUT2D eigenvalue weighted by atomic mass is 10.1. The van der Waals surface area contributed by atoms with Gasteiger partial charge >= 0.3 is 0 Å². The summed E-state index contributed by atoms with van der Waals surface area (Å²) in [4.78, 5) is 0. The van der Waals surface area contributed by atoms with Gasteiger partial charge in [0.25, 0.3) is 0 Å². The van der Waals surface area contributed by atoms with Gasteiger partial charge in [-0.05, 0) is 48.7 Å². The van der Waals surface area contributed by atoms with Crippen molar-refractivity contribution in [3.05, 3.63) is 57.1 Å². The lowest BCUT2D eigenvalue weighted by molar-refractivity contribution is 0.475. The predicted molar refractivity (Wildman–Crippen MR) is 81.4 cm³/mol. The van der Waals surface area contributed by atoms with E-state index in [1.165, 1.54) is 11.1 Å². The Labute approximate surface area is 123 Å². The lowest BCUT2D eigenvalue weighted by Gasteiger charge is -2.12. The molecular formula is C15H15Cl2NO. The van der Waals surface area contributed by atoms with Crippen molar-refractivity contribution in [3.63, 3.8) is 0 Å². The van der Waals surface area contributed by atoms with Crippen LogP contribution in [0.15, 0.2) is 30.3 Å². The smallest absolute Gasteiger partial charge is 0.152 e. The number of halogens is 2. The standard InChI is InChI=1S/C15H15Cl2NO/c1-9-4-3-5-14(10(9)2)18-8-11-6-12(16)15(19)13(17)7-11/h3-7,18-19H,8H2,1-2H3. The fourth-order valence-corrected chi connectivity index (χ4v) is 2.39. The summed E-state index contributed by atoms with van der Waals surface area (Å²) in [5, 5.41) is 13.4. The summed E-state index contributed by atoms with van der Waals surface area (Å²) < 4.78 is 0. The molecule has 0 unspecified atom stereocenters. The molecule has 2 aromatic carbocycles. The van der Waals surface area contributed by atoms with Gasteiger partial charge in [-0.15, -0.1) is 0 Å². The number of aryl methyl sites for hydroxylation is 1. The van der Waals surface area contributed by atoms with Crippen LogP contribution >= 0.6 is 23.2 Å². The van der Waals surface area contributed by atoms with Crippen molar-refractivity contribution in [1.29, 1.82) is 0 Å². The van der Waals surface area contributed by atoms with Crippen molar-refractivity contribution in [3.8, 4) is 5.75 Å². The van der Waals surface area contributed by atoms with Gasteiger partial charge in [0.2, 0.25) is 0 Å². The van der Waals surface area contributed by atoms with Gasteiger partial charge in [0, 0.05) is 12.2 Å². The molecule has 0 radical (unpaired) electrons. The number of phenolic OH excluding ortho intramolecular Hbond substituents is 1. The molecule has 4 heteroatoms. The van der Waals surface area contributed by atoms with Crippen LogP contribution in [0.25, 0.3) is 0 Å². The van der Waals surface area contributed by atoms with Crippen LogP contribution in [-0.2, 0) is 6.54 Å². The first-order chi connectivity index (χ1) is 8.99. The van der Waals surface area contributed by atoms with Crippen molar-refractivity contribution in [2.45, 2.75) is 20.4 Å². The molecule has 2 nitrogen and oxygen atoms in total. The van der Waals surface area contributed by atoms with E-state index in [0.29, 0.717) is 6.54 Å². The van der Waals surface area contributed by atoms with E-state index in [1.807, 2.05) is 12.1 Å². The van der Waals surface area contributed by atoms with E-state index < -0.39 is 0 Å². The molecule has 19 heavy (non-hydrogen) atoms. The molecule has 0 atom stereocenters. The highest BCUT2D eigenvalue weighted by atomic mass is 35.5. The van der Waals surface area contributed by atoms with E-state index in [1.54, 1.807) is 12.1 Å². The number of phenols is 1. The third-order valence-electron chi connectivity index (χ3n) is 3.16. The zero-order valence-corrected chi connectivity index (χ0v) is 12.3. The summed E-state index contributed by atoms with van der Waals surface area (Å²) in [6, 6.07) is 9.55. The average Bonchev–Trinajstić information content (AvgIpc) is 2.37. The molecule has 0 saturated heterocycles. The van der Waals surface area contributed by atoms with Crippen LogP contribution < -0.4 is 5.32 Å². The van der Waals surface area contributed by atoms with Gasteiger partial charge in [0.15, 0.2) is 5.75 Å². The Morgan fingerprint density at radius 2 is 1.74 bits per heavy atom. The fraction of sp³-hybridized carbons (Fsp3) is 0.200. The van der Waals surface area contributed by atoms with Gasteiger partial charge in [-0.3, -0.25) is 0 Å². The van der Waals surface area contributed by atoms with Crippen LogP contribution in [0, 0.1) is 13.8 Å². The minimum absolute atomic E-state index is 0.0705. The van der Waals surface area contributed by atoms with Gasteiger partial charge in [-0.25, -0.2) is 0 Å². The maximum atomic E-state index is 9.51. The molecule has 2 aromatic rings. The Kier molecular flexibility index (Phi) is 4.23. The molecular weight excluding hydrogens is 281 g/mol. The lowest BCUT2D eigenvalue weighted by Crippen LogP contribution is -2.02. The number of benzene rings is 2. The van der Waals surface area contributed by atoms with Crippen LogP contribution in [-0.4, -0.2) is 5.11 Å². The first-order valence-corrected chi connectivity index (χ1v) is 6.71. The summed E-state index contributed by atoms with van der Waals surface area (Å²) in [5.41, 5.74) is 4.47. The first kappa shape index (κ1) is 14.0. The molecule has 2 N–H and O–H groups in total. The summed E-state index contributed by atoms with van der Waals surface area (Å²) in [6.45, 7) is 4.76. The monoisotopic (exact) mass is 295 g/mol. The molecule has 0 fully saturated rings. The van der Waals surface area contributed by atoms with Gasteiger partial charge in [0.1, 0.15) is 0 Å². The molecule has 0 heterocycles. The zero-order valence-electron chi connectivity index (χ0n) is 10.8. The van der Waals surface area contributed by atoms with E-state index in [2.05, 4.69) is 25.2 Å². The topological polar surface area (TPSA) is 32.3 Å². The highest BCUT2D eigenvalue weighted by Crippen LogP contribution is 2.33. The second kappa shape index (κ2) is 5.72. The fourth-order valence-electron chi connectivity index (χ4n) is 1.86. The highest BCUT2D eigenvalue weighted by Gasteiger charge is 2.07. The molecule has 100 valence electrons. The maximum Gasteiger partial charge on any atom is 0.152 e. The van der Waals surface area contributed by atoms with Crippen molar-refractivity contribution >= 4 is 28.9 Å². The number of hydrogen-bond acceptors (Lipinski definition) is 2. The Morgan fingerprint density at radius 1 is 1.11 bits per heavy atom. The number of hydrogen-bond donors (Lipinski definition) is 2. The van der Waals surface area contributed by atoms with E-state index in [-0.39, 0.29) is 15.8 Å². The maximum absolute atomic E-state index is 9.51. The van der Waals surface area contributed by atoms with E-state index in [9.17, 15) is 5.11 Å². The van der Waals surface area contributed by atoms with Gasteiger partial charge in [0.05, 0.1) is 10.0 Å². The number of aromatic hydroxyl groups is 1. The molecule has 0 aliphatic carbocycles. The number of anilines is 1. The predicted octanol–water partition coefficient (Wildman–Crippen LogP) is 4.93. The second-order valence-electron chi connectivity index (χ2n) is 4.51. The molecule has 0 amide bonds. The van der Waals surface area contributed by atoms with Crippen LogP contribution in [0.4, 0.5) is 5.69 Å². The second-order valence-corrected chi connectivity index (χ2v) is 5.32. The Balaban J connectivity index is 2.17. The highest BCUT2D eigenvalue weighted by molar-refractivity contribution is 6.37. The molecule has 2 rings (SSSR count).